The van der Waals surface area contributed by atoms with Crippen LogP contribution in [0.2, 0.25) is 0 Å². The molecule has 0 fully saturated rings. The Labute approximate surface area is 137 Å². The average Bonchev–Trinajstić information content (AvgIpc) is 2.46. The summed E-state index contributed by atoms with van der Waals surface area (Å²) in [6, 6.07) is 11.5. The molecule has 0 N–H and O–H groups in total. The first kappa shape index (κ1) is 15.7. The third-order valence-electron chi connectivity index (χ3n) is 2.68. The summed E-state index contributed by atoms with van der Waals surface area (Å²) in [7, 11) is 0. The van der Waals surface area contributed by atoms with E-state index in [-0.39, 0.29) is 22.3 Å². The Hall–Kier alpha value is -1.73. The van der Waals surface area contributed by atoms with Crippen molar-refractivity contribution in [1.82, 2.24) is 0 Å². The Morgan fingerprint density at radius 2 is 1.81 bits per heavy atom. The van der Waals surface area contributed by atoms with E-state index in [1.807, 2.05) is 24.3 Å². The fourth-order valence-electron chi connectivity index (χ4n) is 1.63. The van der Waals surface area contributed by atoms with Crippen LogP contribution in [0, 0.1) is 10.1 Å². The third kappa shape index (κ3) is 3.89. The van der Waals surface area contributed by atoms with E-state index in [0.29, 0.717) is 0 Å². The Balaban J connectivity index is 2.12. The van der Waals surface area contributed by atoms with Gasteiger partial charge in [-0.3, -0.25) is 10.1 Å². The Bertz CT molecular complexity index is 686. The van der Waals surface area contributed by atoms with Gasteiger partial charge in [0.25, 0.3) is 5.69 Å². The van der Waals surface area contributed by atoms with Crippen LogP contribution in [0.4, 0.5) is 5.69 Å². The van der Waals surface area contributed by atoms with Crippen LogP contribution in [0.1, 0.15) is 15.9 Å². The molecule has 7 heteroatoms. The number of esters is 1. The second-order valence-electron chi connectivity index (χ2n) is 4.10. The molecule has 108 valence electrons. The van der Waals surface area contributed by atoms with Gasteiger partial charge < -0.3 is 4.74 Å². The maximum absolute atomic E-state index is 12.0. The summed E-state index contributed by atoms with van der Waals surface area (Å²) in [5.74, 6) is -0.617. The van der Waals surface area contributed by atoms with Crippen molar-refractivity contribution in [3.8, 4) is 0 Å². The quantitative estimate of drug-likeness (QED) is 0.420. The third-order valence-corrected chi connectivity index (χ3v) is 4.04. The smallest absolute Gasteiger partial charge is 0.339 e. The number of nitro groups is 1. The molecule has 0 atom stereocenters. The van der Waals surface area contributed by atoms with Crippen molar-refractivity contribution in [1.29, 1.82) is 0 Å². The highest BCUT2D eigenvalue weighted by Crippen LogP contribution is 2.28. The van der Waals surface area contributed by atoms with Gasteiger partial charge in [-0.25, -0.2) is 4.79 Å². The molecule has 0 aliphatic rings. The van der Waals surface area contributed by atoms with E-state index < -0.39 is 10.9 Å². The molecule has 0 unspecified atom stereocenters. The molecule has 5 nitrogen and oxygen atoms in total. The lowest BCUT2D eigenvalue weighted by atomic mass is 10.2. The summed E-state index contributed by atoms with van der Waals surface area (Å²) in [4.78, 5) is 22.3. The summed E-state index contributed by atoms with van der Waals surface area (Å²) < 4.78 is 6.21. The first-order valence-corrected chi connectivity index (χ1v) is 7.42. The van der Waals surface area contributed by atoms with Crippen LogP contribution in [-0.4, -0.2) is 10.9 Å². The molecule has 2 aromatic carbocycles. The van der Waals surface area contributed by atoms with Crippen molar-refractivity contribution in [2.45, 2.75) is 6.61 Å². The van der Waals surface area contributed by atoms with Crippen LogP contribution >= 0.6 is 31.9 Å². The van der Waals surface area contributed by atoms with Crippen LogP contribution < -0.4 is 0 Å². The lowest BCUT2D eigenvalue weighted by Crippen LogP contribution is -2.07. The van der Waals surface area contributed by atoms with E-state index in [9.17, 15) is 14.9 Å². The first-order chi connectivity index (χ1) is 9.99. The van der Waals surface area contributed by atoms with E-state index in [1.54, 1.807) is 0 Å². The SMILES string of the molecule is O=C(OCc1ccc(Br)cc1)c1cccc([N+](=O)[O-])c1Br. The number of carbonyl (C=O) groups is 1. The summed E-state index contributed by atoms with van der Waals surface area (Å²) in [6.07, 6.45) is 0. The first-order valence-electron chi connectivity index (χ1n) is 5.83. The Morgan fingerprint density at radius 3 is 2.43 bits per heavy atom. The molecule has 0 heterocycles. The fourth-order valence-corrected chi connectivity index (χ4v) is 2.46. The largest absolute Gasteiger partial charge is 0.457 e. The van der Waals surface area contributed by atoms with Gasteiger partial charge in [0.2, 0.25) is 0 Å². The van der Waals surface area contributed by atoms with Crippen molar-refractivity contribution in [2.75, 3.05) is 0 Å². The van der Waals surface area contributed by atoms with Gasteiger partial charge in [-0.15, -0.1) is 0 Å². The summed E-state index contributed by atoms with van der Waals surface area (Å²) in [5.41, 5.74) is 0.780. The zero-order valence-corrected chi connectivity index (χ0v) is 13.8. The molecule has 2 aromatic rings. The number of carbonyl (C=O) groups excluding carboxylic acids is 1. The van der Waals surface area contributed by atoms with E-state index in [0.717, 1.165) is 10.0 Å². The van der Waals surface area contributed by atoms with Gasteiger partial charge in [0, 0.05) is 10.5 Å². The number of halogens is 2. The number of rotatable bonds is 4. The molecule has 0 aromatic heterocycles. The second-order valence-corrected chi connectivity index (χ2v) is 5.81. The van der Waals surface area contributed by atoms with Crippen LogP contribution in [0.25, 0.3) is 0 Å². The van der Waals surface area contributed by atoms with Gasteiger partial charge in [0.05, 0.1) is 10.5 Å². The minimum atomic E-state index is -0.617. The summed E-state index contributed by atoms with van der Waals surface area (Å²) in [5, 5.41) is 10.8. The molecule has 2 rings (SSSR count). The van der Waals surface area contributed by atoms with Gasteiger partial charge in [-0.2, -0.15) is 0 Å². The number of ether oxygens (including phenoxy) is 1. The minimum absolute atomic E-state index is 0.0985. The standard InChI is InChI=1S/C14H9Br2NO4/c15-10-6-4-9(5-7-10)8-21-14(18)11-2-1-3-12(13(11)16)17(19)20/h1-7H,8H2. The molecule has 0 spiro atoms. The van der Waals surface area contributed by atoms with Crippen molar-refractivity contribution >= 4 is 43.5 Å². The van der Waals surface area contributed by atoms with Crippen molar-refractivity contribution < 1.29 is 14.5 Å². The van der Waals surface area contributed by atoms with E-state index in [1.165, 1.54) is 18.2 Å². The van der Waals surface area contributed by atoms with Crippen LogP contribution in [0.5, 0.6) is 0 Å². The fraction of sp³-hybridized carbons (Fsp3) is 0.0714. The molecule has 0 amide bonds. The molecule has 0 radical (unpaired) electrons. The molecule has 0 saturated heterocycles. The highest BCUT2D eigenvalue weighted by Gasteiger charge is 2.20. The average molecular weight is 415 g/mol. The van der Waals surface area contributed by atoms with Crippen molar-refractivity contribution in [3.05, 3.63) is 72.7 Å². The Kier molecular flexibility index (Phi) is 5.08. The van der Waals surface area contributed by atoms with Gasteiger partial charge in [0.15, 0.2) is 0 Å². The predicted octanol–water partition coefficient (Wildman–Crippen LogP) is 4.48. The van der Waals surface area contributed by atoms with Crippen molar-refractivity contribution in [3.63, 3.8) is 0 Å². The van der Waals surface area contributed by atoms with Gasteiger partial charge >= 0.3 is 5.97 Å². The van der Waals surface area contributed by atoms with Crippen LogP contribution in [-0.2, 0) is 11.3 Å². The number of nitro benzene ring substituents is 1. The minimum Gasteiger partial charge on any atom is -0.457 e. The lowest BCUT2D eigenvalue weighted by molar-refractivity contribution is -0.385. The van der Waals surface area contributed by atoms with E-state index in [4.69, 9.17) is 4.74 Å². The van der Waals surface area contributed by atoms with E-state index >= 15 is 0 Å². The number of nitrogens with zero attached hydrogens (tertiary/aromatic N) is 1. The number of hydrogen-bond donors (Lipinski definition) is 0. The Morgan fingerprint density at radius 1 is 1.14 bits per heavy atom. The zero-order chi connectivity index (χ0) is 15.4. The summed E-state index contributed by atoms with van der Waals surface area (Å²) >= 11 is 6.38. The molecular weight excluding hydrogens is 406 g/mol. The maximum Gasteiger partial charge on any atom is 0.339 e. The molecule has 0 aliphatic heterocycles. The molecule has 0 saturated carbocycles. The number of benzene rings is 2. The van der Waals surface area contributed by atoms with Gasteiger partial charge in [-0.05, 0) is 39.7 Å². The van der Waals surface area contributed by atoms with Gasteiger partial charge in [-0.1, -0.05) is 34.1 Å². The monoisotopic (exact) mass is 413 g/mol. The highest BCUT2D eigenvalue weighted by atomic mass is 79.9. The maximum atomic E-state index is 12.0. The van der Waals surface area contributed by atoms with Crippen molar-refractivity contribution in [2.24, 2.45) is 0 Å². The van der Waals surface area contributed by atoms with Crippen LogP contribution in [0.15, 0.2) is 51.4 Å². The van der Waals surface area contributed by atoms with Gasteiger partial charge in [0.1, 0.15) is 11.1 Å². The van der Waals surface area contributed by atoms with Crippen LogP contribution in [0.3, 0.4) is 0 Å². The lowest BCUT2D eigenvalue weighted by Gasteiger charge is -2.07. The normalized spacial score (nSPS) is 10.2. The predicted molar refractivity (Wildman–Crippen MR) is 84.1 cm³/mol. The molecule has 21 heavy (non-hydrogen) atoms. The topological polar surface area (TPSA) is 69.4 Å². The summed E-state index contributed by atoms with van der Waals surface area (Å²) in [6.45, 7) is 0.0985. The molecular formula is C14H9Br2NO4. The van der Waals surface area contributed by atoms with E-state index in [2.05, 4.69) is 31.9 Å². The highest BCUT2D eigenvalue weighted by molar-refractivity contribution is 9.11. The molecule has 0 aliphatic carbocycles. The number of hydrogen-bond acceptors (Lipinski definition) is 4. The second kappa shape index (κ2) is 6.82. The molecule has 0 bridgehead atoms. The zero-order valence-electron chi connectivity index (χ0n) is 10.6.